The van der Waals surface area contributed by atoms with Gasteiger partial charge in [-0.2, -0.15) is 5.10 Å². The average molecular weight is 158 g/mol. The van der Waals surface area contributed by atoms with Crippen LogP contribution in [-0.2, 0) is 0 Å². The molecule has 0 radical (unpaired) electrons. The second kappa shape index (κ2) is 3.34. The van der Waals surface area contributed by atoms with Gasteiger partial charge in [0, 0.05) is 0 Å². The Labute approximate surface area is 65.8 Å². The van der Waals surface area contributed by atoms with Gasteiger partial charge in [-0.05, 0) is 20.8 Å². The Bertz CT molecular complexity index is 180. The van der Waals surface area contributed by atoms with Crippen LogP contribution in [0, 0.1) is 0 Å². The Hall–Kier alpha value is -1.10. The zero-order valence-corrected chi connectivity index (χ0v) is 7.01. The van der Waals surface area contributed by atoms with Crippen molar-refractivity contribution >= 4 is 11.7 Å². The summed E-state index contributed by atoms with van der Waals surface area (Å²) in [4.78, 5) is 10.2. The van der Waals surface area contributed by atoms with Crippen molar-refractivity contribution in [3.05, 3.63) is 0 Å². The summed E-state index contributed by atoms with van der Waals surface area (Å²) in [5, 5.41) is 3.66. The van der Waals surface area contributed by atoms with E-state index in [1.54, 1.807) is 20.8 Å². The van der Waals surface area contributed by atoms with Gasteiger partial charge in [0.1, 0.15) is 0 Å². The van der Waals surface area contributed by atoms with Crippen molar-refractivity contribution in [2.24, 2.45) is 16.6 Å². The van der Waals surface area contributed by atoms with E-state index in [0.717, 1.165) is 0 Å². The molecule has 0 saturated carbocycles. The van der Waals surface area contributed by atoms with Crippen LogP contribution >= 0.6 is 0 Å². The van der Waals surface area contributed by atoms with Crippen molar-refractivity contribution in [1.29, 1.82) is 0 Å². The van der Waals surface area contributed by atoms with Gasteiger partial charge in [0.05, 0.1) is 11.3 Å². The summed E-state index contributed by atoms with van der Waals surface area (Å²) in [6.45, 7) is 5.29. The van der Waals surface area contributed by atoms with Gasteiger partial charge in [-0.3, -0.25) is 0 Å². The number of nitrogens with one attached hydrogen (secondary N) is 1. The first-order valence-corrected chi connectivity index (χ1v) is 3.23. The van der Waals surface area contributed by atoms with Crippen molar-refractivity contribution in [2.75, 3.05) is 0 Å². The van der Waals surface area contributed by atoms with Crippen LogP contribution in [0.2, 0.25) is 0 Å². The number of nitrogens with zero attached hydrogens (tertiary/aromatic N) is 1. The van der Waals surface area contributed by atoms with E-state index in [1.807, 2.05) is 0 Å². The van der Waals surface area contributed by atoms with Crippen LogP contribution in [0.25, 0.3) is 0 Å². The molecule has 0 bridgehead atoms. The molecular formula is C6H14N4O. The predicted molar refractivity (Wildman–Crippen MR) is 44.1 cm³/mol. The highest BCUT2D eigenvalue weighted by Gasteiger charge is 2.14. The second-order valence-corrected chi connectivity index (χ2v) is 2.89. The van der Waals surface area contributed by atoms with E-state index in [0.29, 0.717) is 5.71 Å². The summed E-state index contributed by atoms with van der Waals surface area (Å²) in [5.74, 6) is 0. The van der Waals surface area contributed by atoms with Crippen LogP contribution in [0.1, 0.15) is 20.8 Å². The SMILES string of the molecule is C/C(=N\NC(N)=O)C(C)(C)N. The molecule has 0 aliphatic carbocycles. The van der Waals surface area contributed by atoms with Crippen LogP contribution in [0.4, 0.5) is 4.79 Å². The number of urea groups is 1. The molecule has 0 aromatic rings. The van der Waals surface area contributed by atoms with Gasteiger partial charge in [-0.25, -0.2) is 10.2 Å². The van der Waals surface area contributed by atoms with E-state index < -0.39 is 11.6 Å². The van der Waals surface area contributed by atoms with E-state index in [9.17, 15) is 4.79 Å². The number of hydrogen-bond donors (Lipinski definition) is 3. The minimum atomic E-state index is -0.686. The normalized spacial score (nSPS) is 12.9. The lowest BCUT2D eigenvalue weighted by molar-refractivity contribution is 0.249. The lowest BCUT2D eigenvalue weighted by Gasteiger charge is -2.17. The highest BCUT2D eigenvalue weighted by Crippen LogP contribution is 1.98. The number of rotatable bonds is 2. The third-order valence-corrected chi connectivity index (χ3v) is 1.27. The summed E-state index contributed by atoms with van der Waals surface area (Å²) < 4.78 is 0. The van der Waals surface area contributed by atoms with Crippen molar-refractivity contribution in [3.8, 4) is 0 Å². The first-order chi connectivity index (χ1) is 4.84. The molecule has 11 heavy (non-hydrogen) atoms. The molecule has 2 amide bonds. The summed E-state index contributed by atoms with van der Waals surface area (Å²) >= 11 is 0. The Morgan fingerprint density at radius 3 is 2.27 bits per heavy atom. The molecule has 0 aliphatic rings. The Morgan fingerprint density at radius 1 is 1.55 bits per heavy atom. The first-order valence-electron chi connectivity index (χ1n) is 3.23. The summed E-state index contributed by atoms with van der Waals surface area (Å²) in [6, 6.07) is -0.686. The van der Waals surface area contributed by atoms with Gasteiger partial charge in [-0.1, -0.05) is 0 Å². The smallest absolute Gasteiger partial charge is 0.332 e. The van der Waals surface area contributed by atoms with Crippen molar-refractivity contribution in [3.63, 3.8) is 0 Å². The zero-order valence-electron chi connectivity index (χ0n) is 7.01. The van der Waals surface area contributed by atoms with Crippen LogP contribution in [0.5, 0.6) is 0 Å². The standard InChI is InChI=1S/C6H14N4O/c1-4(6(2,3)8)9-10-5(7)11/h8H2,1-3H3,(H3,7,10,11)/b9-4+. The van der Waals surface area contributed by atoms with Crippen molar-refractivity contribution in [1.82, 2.24) is 5.43 Å². The topological polar surface area (TPSA) is 93.5 Å². The summed E-state index contributed by atoms with van der Waals surface area (Å²) in [6.07, 6.45) is 0. The monoisotopic (exact) mass is 158 g/mol. The maximum Gasteiger partial charge on any atom is 0.332 e. The molecule has 0 unspecified atom stereocenters. The fourth-order valence-electron chi connectivity index (χ4n) is 0.283. The second-order valence-electron chi connectivity index (χ2n) is 2.89. The minimum absolute atomic E-state index is 0.525. The van der Waals surface area contributed by atoms with E-state index >= 15 is 0 Å². The van der Waals surface area contributed by atoms with E-state index in [2.05, 4.69) is 10.5 Å². The number of primary amides is 1. The molecule has 5 nitrogen and oxygen atoms in total. The molecule has 5 N–H and O–H groups in total. The van der Waals surface area contributed by atoms with E-state index in [4.69, 9.17) is 11.5 Å². The van der Waals surface area contributed by atoms with E-state index in [-0.39, 0.29) is 0 Å². The maximum atomic E-state index is 10.2. The quantitative estimate of drug-likeness (QED) is 0.382. The predicted octanol–water partition coefficient (Wildman–Crippen LogP) is -0.232. The number of nitrogens with two attached hydrogens (primary N) is 2. The van der Waals surface area contributed by atoms with Crippen LogP contribution in [0.3, 0.4) is 0 Å². The maximum absolute atomic E-state index is 10.2. The lowest BCUT2D eigenvalue weighted by Crippen LogP contribution is -2.41. The fourth-order valence-corrected chi connectivity index (χ4v) is 0.283. The number of carbonyl (C=O) groups is 1. The highest BCUT2D eigenvalue weighted by molar-refractivity contribution is 5.91. The third-order valence-electron chi connectivity index (χ3n) is 1.27. The molecule has 0 heterocycles. The minimum Gasteiger partial charge on any atom is -0.350 e. The molecule has 0 aliphatic heterocycles. The average Bonchev–Trinajstić information content (AvgIpc) is 1.80. The van der Waals surface area contributed by atoms with Gasteiger partial charge in [0.2, 0.25) is 0 Å². The Morgan fingerprint density at radius 2 is 2.00 bits per heavy atom. The molecule has 0 saturated heterocycles. The molecule has 0 aromatic carbocycles. The molecule has 0 spiro atoms. The van der Waals surface area contributed by atoms with Crippen LogP contribution in [-0.4, -0.2) is 17.3 Å². The molecule has 0 atom stereocenters. The number of amides is 2. The largest absolute Gasteiger partial charge is 0.350 e. The Kier molecular flexibility index (Phi) is 3.00. The molecule has 0 fully saturated rings. The highest BCUT2D eigenvalue weighted by atomic mass is 16.2. The zero-order chi connectivity index (χ0) is 9.07. The van der Waals surface area contributed by atoms with Gasteiger partial charge in [0.15, 0.2) is 0 Å². The van der Waals surface area contributed by atoms with Crippen molar-refractivity contribution < 1.29 is 4.79 Å². The summed E-state index contributed by atoms with van der Waals surface area (Å²) in [7, 11) is 0. The number of carbonyl (C=O) groups excluding carboxylic acids is 1. The number of hydrogen-bond acceptors (Lipinski definition) is 3. The molecular weight excluding hydrogens is 144 g/mol. The van der Waals surface area contributed by atoms with Crippen molar-refractivity contribution in [2.45, 2.75) is 26.3 Å². The van der Waals surface area contributed by atoms with E-state index in [1.165, 1.54) is 0 Å². The summed E-state index contributed by atoms with van der Waals surface area (Å²) in [5.41, 5.74) is 12.6. The Balaban J connectivity index is 4.12. The molecule has 0 aromatic heterocycles. The molecule has 5 heteroatoms. The van der Waals surface area contributed by atoms with Gasteiger partial charge >= 0.3 is 6.03 Å². The first kappa shape index (κ1) is 9.90. The van der Waals surface area contributed by atoms with Gasteiger partial charge < -0.3 is 11.5 Å². The molecule has 0 rings (SSSR count). The lowest BCUT2D eigenvalue weighted by atomic mass is 10.0. The molecule has 64 valence electrons. The van der Waals surface area contributed by atoms with Crippen LogP contribution < -0.4 is 16.9 Å². The fraction of sp³-hybridized carbons (Fsp3) is 0.667. The third kappa shape index (κ3) is 4.32. The van der Waals surface area contributed by atoms with Gasteiger partial charge in [-0.15, -0.1) is 0 Å². The van der Waals surface area contributed by atoms with Crippen LogP contribution in [0.15, 0.2) is 5.10 Å². The number of hydrazone groups is 1. The van der Waals surface area contributed by atoms with Gasteiger partial charge in [0.25, 0.3) is 0 Å².